The number of barbiturate groups is 1. The number of amides is 4. The van der Waals surface area contributed by atoms with Gasteiger partial charge in [0.25, 0.3) is 0 Å². The van der Waals surface area contributed by atoms with E-state index in [0.29, 0.717) is 19.5 Å². The van der Waals surface area contributed by atoms with Crippen LogP contribution >= 0.6 is 0 Å². The van der Waals surface area contributed by atoms with Gasteiger partial charge in [0, 0.05) is 13.1 Å². The van der Waals surface area contributed by atoms with E-state index in [9.17, 15) is 14.4 Å². The number of carbonyl (C=O) groups is 3. The van der Waals surface area contributed by atoms with Crippen LogP contribution in [-0.4, -0.2) is 40.7 Å². The molecule has 1 aliphatic heterocycles. The normalized spacial score (nSPS) is 22.7. The van der Waals surface area contributed by atoms with Crippen LogP contribution in [0.5, 0.6) is 0 Å². The van der Waals surface area contributed by atoms with Crippen molar-refractivity contribution in [2.45, 2.75) is 59.3 Å². The predicted octanol–water partition coefficient (Wildman–Crippen LogP) is 3.10. The van der Waals surface area contributed by atoms with E-state index in [0.717, 1.165) is 37.7 Å². The van der Waals surface area contributed by atoms with Crippen LogP contribution in [0.2, 0.25) is 0 Å². The molecule has 0 bridgehead atoms. The molecule has 5 nitrogen and oxygen atoms in total. The molecule has 0 unspecified atom stereocenters. The molecule has 0 atom stereocenters. The Balaban J connectivity index is 2.54. The number of urea groups is 1. The summed E-state index contributed by atoms with van der Waals surface area (Å²) < 4.78 is 0. The molecule has 4 amide bonds. The maximum absolute atomic E-state index is 13.0. The first-order chi connectivity index (χ1) is 10.5. The second-order valence-electron chi connectivity index (χ2n) is 5.97. The topological polar surface area (TPSA) is 57.7 Å². The van der Waals surface area contributed by atoms with Gasteiger partial charge >= 0.3 is 6.03 Å². The van der Waals surface area contributed by atoms with Crippen molar-refractivity contribution < 1.29 is 14.4 Å². The molecule has 1 fully saturated rings. The summed E-state index contributed by atoms with van der Waals surface area (Å²) in [5.74, 6) is -0.657. The third-order valence-electron chi connectivity index (χ3n) is 4.93. The van der Waals surface area contributed by atoms with Crippen LogP contribution in [0.3, 0.4) is 0 Å². The van der Waals surface area contributed by atoms with E-state index >= 15 is 0 Å². The standard InChI is InChI=1S/C17H26N2O3/c1-4-17(13-11-9-7-8-10-12-13)14(20)18(5-2)16(22)19(6-3)15(17)21/h11H,4-10,12H2,1-3H3. The lowest BCUT2D eigenvalue weighted by Crippen LogP contribution is -2.65. The minimum atomic E-state index is -1.16. The Hall–Kier alpha value is -1.65. The fraction of sp³-hybridized carbons (Fsp3) is 0.706. The maximum Gasteiger partial charge on any atom is 0.333 e. The third-order valence-corrected chi connectivity index (χ3v) is 4.93. The van der Waals surface area contributed by atoms with Crippen molar-refractivity contribution in [2.24, 2.45) is 5.41 Å². The van der Waals surface area contributed by atoms with E-state index < -0.39 is 11.4 Å². The molecule has 0 aromatic carbocycles. The van der Waals surface area contributed by atoms with Gasteiger partial charge in [0.1, 0.15) is 5.41 Å². The summed E-state index contributed by atoms with van der Waals surface area (Å²) in [6, 6.07) is -0.474. The number of hydrogen-bond acceptors (Lipinski definition) is 3. The first-order valence-corrected chi connectivity index (χ1v) is 8.41. The fourth-order valence-electron chi connectivity index (χ4n) is 3.64. The quantitative estimate of drug-likeness (QED) is 0.592. The Morgan fingerprint density at radius 3 is 2.05 bits per heavy atom. The molecule has 0 aromatic rings. The largest absolute Gasteiger partial charge is 0.333 e. The average Bonchev–Trinajstić information content (AvgIpc) is 2.79. The van der Waals surface area contributed by atoms with Gasteiger partial charge < -0.3 is 0 Å². The molecule has 122 valence electrons. The third kappa shape index (κ3) is 2.36. The van der Waals surface area contributed by atoms with Gasteiger partial charge in [-0.2, -0.15) is 0 Å². The Bertz CT molecular complexity index is 484. The molecular weight excluding hydrogens is 280 g/mol. The lowest BCUT2D eigenvalue weighted by Gasteiger charge is -2.44. The maximum atomic E-state index is 13.0. The van der Waals surface area contributed by atoms with E-state index in [-0.39, 0.29) is 11.8 Å². The van der Waals surface area contributed by atoms with E-state index in [1.54, 1.807) is 13.8 Å². The van der Waals surface area contributed by atoms with Gasteiger partial charge in [0.05, 0.1) is 0 Å². The van der Waals surface area contributed by atoms with Crippen LogP contribution in [0.4, 0.5) is 4.79 Å². The van der Waals surface area contributed by atoms with Crippen LogP contribution in [-0.2, 0) is 9.59 Å². The highest BCUT2D eigenvalue weighted by Crippen LogP contribution is 2.42. The minimum absolute atomic E-state index is 0.302. The molecule has 0 spiro atoms. The number of nitrogens with zero attached hydrogens (tertiary/aromatic N) is 2. The SMILES string of the molecule is CCN1C(=O)N(CC)C(=O)C(CC)(C2=CCCCCC2)C1=O. The molecule has 1 aliphatic carbocycles. The smallest absolute Gasteiger partial charge is 0.273 e. The molecule has 2 rings (SSSR count). The molecule has 0 aromatic heterocycles. The summed E-state index contributed by atoms with van der Waals surface area (Å²) in [6.45, 7) is 6.04. The van der Waals surface area contributed by atoms with E-state index in [4.69, 9.17) is 0 Å². The summed E-state index contributed by atoms with van der Waals surface area (Å²) in [5, 5.41) is 0. The van der Waals surface area contributed by atoms with Crippen LogP contribution in [0.15, 0.2) is 11.6 Å². The summed E-state index contributed by atoms with van der Waals surface area (Å²) in [6.07, 6.45) is 7.38. The first-order valence-electron chi connectivity index (χ1n) is 8.41. The minimum Gasteiger partial charge on any atom is -0.273 e. The lowest BCUT2D eigenvalue weighted by atomic mass is 9.72. The summed E-state index contributed by atoms with van der Waals surface area (Å²) >= 11 is 0. The van der Waals surface area contributed by atoms with E-state index in [1.165, 1.54) is 9.80 Å². The van der Waals surface area contributed by atoms with E-state index in [1.807, 2.05) is 6.92 Å². The number of carbonyl (C=O) groups excluding carboxylic acids is 3. The Morgan fingerprint density at radius 1 is 0.955 bits per heavy atom. The first kappa shape index (κ1) is 16.7. The highest BCUT2D eigenvalue weighted by molar-refractivity contribution is 6.20. The van der Waals surface area contributed by atoms with Crippen molar-refractivity contribution in [2.75, 3.05) is 13.1 Å². The van der Waals surface area contributed by atoms with Crippen LogP contribution in [0.1, 0.15) is 59.3 Å². The van der Waals surface area contributed by atoms with Gasteiger partial charge in [0.2, 0.25) is 11.8 Å². The Kier molecular flexibility index (Phi) is 5.04. The van der Waals surface area contributed by atoms with Gasteiger partial charge in [0.15, 0.2) is 0 Å². The van der Waals surface area contributed by atoms with Crippen LogP contribution < -0.4 is 0 Å². The second-order valence-corrected chi connectivity index (χ2v) is 5.97. The molecule has 22 heavy (non-hydrogen) atoms. The van der Waals surface area contributed by atoms with Crippen LogP contribution in [0.25, 0.3) is 0 Å². The molecule has 1 heterocycles. The zero-order chi connectivity index (χ0) is 16.3. The van der Waals surface area contributed by atoms with Crippen molar-refractivity contribution in [1.82, 2.24) is 9.80 Å². The number of hydrogen-bond donors (Lipinski definition) is 0. The highest BCUT2D eigenvalue weighted by atomic mass is 16.2. The van der Waals surface area contributed by atoms with Crippen molar-refractivity contribution in [1.29, 1.82) is 0 Å². The van der Waals surface area contributed by atoms with Crippen LogP contribution in [0, 0.1) is 5.41 Å². The van der Waals surface area contributed by atoms with Gasteiger partial charge in [-0.3, -0.25) is 19.4 Å². The second kappa shape index (κ2) is 6.63. The fourth-order valence-corrected chi connectivity index (χ4v) is 3.64. The van der Waals surface area contributed by atoms with E-state index in [2.05, 4.69) is 6.08 Å². The highest BCUT2D eigenvalue weighted by Gasteiger charge is 2.57. The molecule has 0 radical (unpaired) electrons. The van der Waals surface area contributed by atoms with Crippen molar-refractivity contribution in [3.8, 4) is 0 Å². The monoisotopic (exact) mass is 306 g/mol. The summed E-state index contributed by atoms with van der Waals surface area (Å²) in [4.78, 5) is 40.9. The lowest BCUT2D eigenvalue weighted by molar-refractivity contribution is -0.156. The van der Waals surface area contributed by atoms with Gasteiger partial charge in [-0.15, -0.1) is 0 Å². The van der Waals surface area contributed by atoms with Gasteiger partial charge in [-0.1, -0.05) is 19.4 Å². The predicted molar refractivity (Wildman–Crippen MR) is 84.1 cm³/mol. The van der Waals surface area contributed by atoms with Gasteiger partial charge in [-0.25, -0.2) is 4.79 Å². The van der Waals surface area contributed by atoms with Crippen molar-refractivity contribution >= 4 is 17.8 Å². The molecule has 0 saturated carbocycles. The zero-order valence-corrected chi connectivity index (χ0v) is 13.9. The molecule has 2 aliphatic rings. The summed E-state index contributed by atoms with van der Waals surface area (Å²) in [5.41, 5.74) is -0.239. The summed E-state index contributed by atoms with van der Waals surface area (Å²) in [7, 11) is 0. The Labute approximate surface area is 132 Å². The molecule has 0 N–H and O–H groups in total. The van der Waals surface area contributed by atoms with Gasteiger partial charge in [-0.05, 0) is 51.5 Å². The molecule has 5 heteroatoms. The molecular formula is C17H26N2O3. The Morgan fingerprint density at radius 2 is 1.55 bits per heavy atom. The number of imide groups is 2. The average molecular weight is 306 g/mol. The van der Waals surface area contributed by atoms with Crippen molar-refractivity contribution in [3.63, 3.8) is 0 Å². The number of allylic oxidation sites excluding steroid dienone is 1. The number of rotatable bonds is 4. The molecule has 1 saturated heterocycles. The van der Waals surface area contributed by atoms with Crippen molar-refractivity contribution in [3.05, 3.63) is 11.6 Å². The zero-order valence-electron chi connectivity index (χ0n) is 13.9.